The zero-order valence-electron chi connectivity index (χ0n) is 20.3. The summed E-state index contributed by atoms with van der Waals surface area (Å²) in [5.74, 6) is 2.05. The summed E-state index contributed by atoms with van der Waals surface area (Å²) in [6, 6.07) is 4.78. The summed E-state index contributed by atoms with van der Waals surface area (Å²) in [5, 5.41) is 4.12. The second kappa shape index (κ2) is 8.89. The van der Waals surface area contributed by atoms with Crippen molar-refractivity contribution >= 4 is 15.8 Å². The Labute approximate surface area is 204 Å². The molecule has 5 rings (SSSR count). The van der Waals surface area contributed by atoms with Gasteiger partial charge in [-0.1, -0.05) is 13.8 Å². The molecular formula is C25H29FN4O4S. The van der Waals surface area contributed by atoms with E-state index in [-0.39, 0.29) is 28.0 Å². The smallest absolute Gasteiger partial charge is 0.266 e. The third-order valence-electron chi connectivity index (χ3n) is 6.93. The van der Waals surface area contributed by atoms with E-state index in [4.69, 9.17) is 9.26 Å². The fraction of sp³-hybridized carbons (Fsp3) is 0.480. The number of pyridine rings is 1. The number of hydrogen-bond donors (Lipinski definition) is 0. The van der Waals surface area contributed by atoms with Crippen molar-refractivity contribution in [3.63, 3.8) is 0 Å². The highest BCUT2D eigenvalue weighted by molar-refractivity contribution is 7.90. The molecule has 8 nitrogen and oxygen atoms in total. The monoisotopic (exact) mass is 500 g/mol. The lowest BCUT2D eigenvalue weighted by Gasteiger charge is -2.33. The quantitative estimate of drug-likeness (QED) is 0.511. The number of fused-ring (bicyclic) bond motifs is 1. The van der Waals surface area contributed by atoms with Crippen LogP contribution in [0.15, 0.2) is 33.8 Å². The Kier molecular flexibility index (Phi) is 6.03. The summed E-state index contributed by atoms with van der Waals surface area (Å²) in [4.78, 5) is 11.1. The standard InChI is InChI=1S/C25H29FN4O4S/c1-14(2)24-28-25(29-34-24)30-9-7-16(8-10-30)20-12-17-11-19(27-13-21(17)33-20)18-5-6-22(35(4,31)32)15(3)23(18)26/h5-6,11,13-14,16,20H,7-10,12H2,1-4H3. The van der Waals surface area contributed by atoms with E-state index in [2.05, 4.69) is 20.0 Å². The summed E-state index contributed by atoms with van der Waals surface area (Å²) in [6.07, 6.45) is 5.40. The van der Waals surface area contributed by atoms with Crippen LogP contribution in [0.25, 0.3) is 11.3 Å². The summed E-state index contributed by atoms with van der Waals surface area (Å²) >= 11 is 0. The van der Waals surface area contributed by atoms with Gasteiger partial charge in [0.15, 0.2) is 9.84 Å². The van der Waals surface area contributed by atoms with E-state index in [0.29, 0.717) is 23.5 Å². The first-order valence-electron chi connectivity index (χ1n) is 11.9. The van der Waals surface area contributed by atoms with Gasteiger partial charge in [0.25, 0.3) is 5.95 Å². The number of anilines is 1. The molecular weight excluding hydrogens is 471 g/mol. The van der Waals surface area contributed by atoms with E-state index >= 15 is 4.39 Å². The minimum Gasteiger partial charge on any atom is -0.488 e. The molecule has 10 heteroatoms. The molecule has 0 radical (unpaired) electrons. The van der Waals surface area contributed by atoms with Crippen LogP contribution in [-0.4, -0.2) is 49.0 Å². The van der Waals surface area contributed by atoms with Crippen molar-refractivity contribution in [2.24, 2.45) is 5.92 Å². The van der Waals surface area contributed by atoms with Crippen LogP contribution >= 0.6 is 0 Å². The molecule has 1 fully saturated rings. The molecule has 1 atom stereocenters. The van der Waals surface area contributed by atoms with Gasteiger partial charge < -0.3 is 14.2 Å². The van der Waals surface area contributed by atoms with E-state index < -0.39 is 15.7 Å². The van der Waals surface area contributed by atoms with Gasteiger partial charge in [0.2, 0.25) is 5.89 Å². The molecule has 0 amide bonds. The van der Waals surface area contributed by atoms with Gasteiger partial charge in [0, 0.05) is 48.4 Å². The Morgan fingerprint density at radius 3 is 2.60 bits per heavy atom. The first-order chi connectivity index (χ1) is 16.6. The Balaban J connectivity index is 1.28. The second-order valence-corrected chi connectivity index (χ2v) is 11.8. The maximum Gasteiger partial charge on any atom is 0.266 e. The first kappa shape index (κ1) is 23.7. The second-order valence-electron chi connectivity index (χ2n) is 9.77. The van der Waals surface area contributed by atoms with Crippen LogP contribution in [0.1, 0.15) is 49.6 Å². The number of piperidine rings is 1. The van der Waals surface area contributed by atoms with Gasteiger partial charge in [0.05, 0.1) is 16.8 Å². The number of sulfone groups is 1. The highest BCUT2D eigenvalue weighted by Crippen LogP contribution is 2.38. The fourth-order valence-electron chi connectivity index (χ4n) is 4.91. The molecule has 2 aliphatic heterocycles. The summed E-state index contributed by atoms with van der Waals surface area (Å²) in [6.45, 7) is 7.20. The largest absolute Gasteiger partial charge is 0.488 e. The number of aromatic nitrogens is 3. The molecule has 1 saturated heterocycles. The zero-order chi connectivity index (χ0) is 24.9. The summed E-state index contributed by atoms with van der Waals surface area (Å²) in [7, 11) is -3.51. The lowest BCUT2D eigenvalue weighted by Crippen LogP contribution is -2.39. The summed E-state index contributed by atoms with van der Waals surface area (Å²) < 4.78 is 50.5. The maximum absolute atomic E-state index is 15.1. The molecule has 1 unspecified atom stereocenters. The predicted molar refractivity (Wildman–Crippen MR) is 129 cm³/mol. The van der Waals surface area contributed by atoms with Crippen molar-refractivity contribution < 1.29 is 22.1 Å². The van der Waals surface area contributed by atoms with Crippen LogP contribution in [0.5, 0.6) is 5.75 Å². The number of rotatable bonds is 5. The predicted octanol–water partition coefficient (Wildman–Crippen LogP) is 4.33. The Morgan fingerprint density at radius 2 is 1.94 bits per heavy atom. The maximum atomic E-state index is 15.1. The number of benzene rings is 1. The van der Waals surface area contributed by atoms with Crippen molar-refractivity contribution in [2.45, 2.75) is 57.0 Å². The zero-order valence-corrected chi connectivity index (χ0v) is 21.1. The lowest BCUT2D eigenvalue weighted by atomic mass is 9.89. The molecule has 0 N–H and O–H groups in total. The van der Waals surface area contributed by atoms with Crippen LogP contribution in [0.2, 0.25) is 0 Å². The van der Waals surface area contributed by atoms with Crippen LogP contribution in [0.3, 0.4) is 0 Å². The number of nitrogens with zero attached hydrogens (tertiary/aromatic N) is 4. The molecule has 4 heterocycles. The van der Waals surface area contributed by atoms with Gasteiger partial charge in [-0.2, -0.15) is 4.98 Å². The van der Waals surface area contributed by atoms with Crippen molar-refractivity contribution in [3.8, 4) is 17.0 Å². The molecule has 2 aromatic heterocycles. The van der Waals surface area contributed by atoms with Crippen LogP contribution in [0.4, 0.5) is 10.3 Å². The van der Waals surface area contributed by atoms with Crippen LogP contribution < -0.4 is 9.64 Å². The van der Waals surface area contributed by atoms with Gasteiger partial charge in [-0.05, 0) is 49.0 Å². The van der Waals surface area contributed by atoms with Crippen molar-refractivity contribution in [3.05, 3.63) is 47.2 Å². The normalized spacial score (nSPS) is 18.7. The minimum absolute atomic E-state index is 0.00380. The minimum atomic E-state index is -3.51. The van der Waals surface area contributed by atoms with Gasteiger partial charge in [-0.15, -0.1) is 0 Å². The van der Waals surface area contributed by atoms with E-state index in [0.717, 1.165) is 49.9 Å². The Morgan fingerprint density at radius 1 is 1.20 bits per heavy atom. The van der Waals surface area contributed by atoms with E-state index in [1.165, 1.54) is 19.1 Å². The first-order valence-corrected chi connectivity index (χ1v) is 13.7. The molecule has 186 valence electrons. The summed E-state index contributed by atoms with van der Waals surface area (Å²) in [5.41, 5.74) is 1.86. The Bertz CT molecular complexity index is 1360. The third kappa shape index (κ3) is 4.51. The van der Waals surface area contributed by atoms with Crippen LogP contribution in [0, 0.1) is 18.7 Å². The van der Waals surface area contributed by atoms with Crippen LogP contribution in [-0.2, 0) is 16.3 Å². The lowest BCUT2D eigenvalue weighted by molar-refractivity contribution is 0.138. The topological polar surface area (TPSA) is 98.4 Å². The highest BCUT2D eigenvalue weighted by Gasteiger charge is 2.34. The molecule has 1 aromatic carbocycles. The van der Waals surface area contributed by atoms with Gasteiger partial charge in [-0.3, -0.25) is 4.98 Å². The average molecular weight is 501 g/mol. The Hall–Kier alpha value is -3.01. The van der Waals surface area contributed by atoms with Crippen molar-refractivity contribution in [2.75, 3.05) is 24.2 Å². The van der Waals surface area contributed by atoms with Crippen molar-refractivity contribution in [1.29, 1.82) is 0 Å². The van der Waals surface area contributed by atoms with E-state index in [1.807, 2.05) is 19.9 Å². The molecule has 0 spiro atoms. The number of ether oxygens (including phenoxy) is 1. The number of hydrogen-bond acceptors (Lipinski definition) is 8. The molecule has 2 aliphatic rings. The molecule has 35 heavy (non-hydrogen) atoms. The molecule has 0 bridgehead atoms. The molecule has 3 aromatic rings. The van der Waals surface area contributed by atoms with Crippen molar-refractivity contribution in [1.82, 2.24) is 15.1 Å². The van der Waals surface area contributed by atoms with Gasteiger partial charge in [0.1, 0.15) is 17.7 Å². The third-order valence-corrected chi connectivity index (χ3v) is 8.17. The fourth-order valence-corrected chi connectivity index (χ4v) is 5.87. The molecule has 0 aliphatic carbocycles. The highest BCUT2D eigenvalue weighted by atomic mass is 32.2. The number of halogens is 1. The van der Waals surface area contributed by atoms with E-state index in [1.54, 1.807) is 6.20 Å². The average Bonchev–Trinajstić information content (AvgIpc) is 3.47. The van der Waals surface area contributed by atoms with Gasteiger partial charge >= 0.3 is 0 Å². The van der Waals surface area contributed by atoms with E-state index in [9.17, 15) is 8.42 Å². The molecule has 0 saturated carbocycles. The SMILES string of the molecule is Cc1c(S(C)(=O)=O)ccc(-c2cc3c(cn2)OC(C2CCN(c4noc(C(C)C)n4)CC2)C3)c1F. The van der Waals surface area contributed by atoms with Gasteiger partial charge in [-0.25, -0.2) is 12.8 Å².